The Morgan fingerprint density at radius 1 is 1.47 bits per heavy atom. The van der Waals surface area contributed by atoms with Crippen LogP contribution in [0.2, 0.25) is 0 Å². The number of nitro benzene ring substituents is 1. The Bertz CT molecular complexity index is 395. The zero-order chi connectivity index (χ0) is 10.8. The van der Waals surface area contributed by atoms with Crippen LogP contribution < -0.4 is 0 Å². The number of esters is 1. The van der Waals surface area contributed by atoms with E-state index < -0.39 is 17.2 Å². The number of hydrogen-bond donors (Lipinski definition) is 0. The number of non-ortho nitro benzene ring substituents is 1. The fraction of sp³-hybridized carbons (Fsp3) is 0.222. The highest BCUT2D eigenvalue weighted by Gasteiger charge is 2.27. The van der Waals surface area contributed by atoms with Crippen LogP contribution in [0, 0.1) is 10.1 Å². The van der Waals surface area contributed by atoms with Gasteiger partial charge in [0.1, 0.15) is 6.61 Å². The van der Waals surface area contributed by atoms with Gasteiger partial charge in [-0.2, -0.15) is 0 Å². The molecule has 0 amide bonds. The smallest absolute Gasteiger partial charge is 0.340 e. The van der Waals surface area contributed by atoms with Gasteiger partial charge in [0.15, 0.2) is 0 Å². The minimum absolute atomic E-state index is 0.0609. The van der Waals surface area contributed by atoms with Crippen LogP contribution in [0.1, 0.15) is 10.4 Å². The van der Waals surface area contributed by atoms with E-state index in [1.54, 1.807) is 0 Å². The first-order chi connectivity index (χ1) is 7.16. The minimum atomic E-state index is -0.535. The molecule has 1 aliphatic heterocycles. The van der Waals surface area contributed by atoms with Gasteiger partial charge in [-0.3, -0.25) is 10.1 Å². The van der Waals surface area contributed by atoms with Crippen molar-refractivity contribution in [2.45, 2.75) is 6.29 Å². The number of carbonyl (C=O) groups excluding carboxylic acids is 1. The molecule has 0 aromatic heterocycles. The van der Waals surface area contributed by atoms with E-state index in [1.807, 2.05) is 0 Å². The topological polar surface area (TPSA) is 82.0 Å². The van der Waals surface area contributed by atoms with Crippen LogP contribution >= 0.6 is 0 Å². The Morgan fingerprint density at radius 3 is 2.53 bits per heavy atom. The largest absolute Gasteiger partial charge is 0.430 e. The van der Waals surface area contributed by atoms with Crippen LogP contribution in [0.5, 0.6) is 0 Å². The first kappa shape index (κ1) is 9.60. The molecule has 1 aromatic carbocycles. The quantitative estimate of drug-likeness (QED) is 0.322. The molecule has 2 rings (SSSR count). The van der Waals surface area contributed by atoms with Crippen LogP contribution in [0.15, 0.2) is 24.3 Å². The Kier molecular flexibility index (Phi) is 2.34. The van der Waals surface area contributed by atoms with Crippen LogP contribution in [0.25, 0.3) is 0 Å². The van der Waals surface area contributed by atoms with Gasteiger partial charge < -0.3 is 9.47 Å². The molecule has 0 bridgehead atoms. The predicted octanol–water partition coefficient (Wildman–Crippen LogP) is 1.11. The molecule has 0 saturated carbocycles. The molecule has 6 heteroatoms. The van der Waals surface area contributed by atoms with Gasteiger partial charge in [0.2, 0.25) is 6.29 Å². The molecular weight excluding hydrogens is 202 g/mol. The molecule has 0 spiro atoms. The summed E-state index contributed by atoms with van der Waals surface area (Å²) < 4.78 is 9.53. The zero-order valence-corrected chi connectivity index (χ0v) is 7.58. The summed E-state index contributed by atoms with van der Waals surface area (Å²) in [5, 5.41) is 10.3. The standard InChI is InChI=1S/C9H7NO5/c11-9(15-8-5-14-8)6-1-3-7(4-2-6)10(12)13/h1-4,8H,5H2/t8-/m0/s1. The average Bonchev–Trinajstić information content (AvgIpc) is 3.02. The molecule has 6 nitrogen and oxygen atoms in total. The van der Waals surface area contributed by atoms with Crippen molar-refractivity contribution in [1.29, 1.82) is 0 Å². The van der Waals surface area contributed by atoms with E-state index in [-0.39, 0.29) is 11.3 Å². The third kappa shape index (κ3) is 2.29. The predicted molar refractivity (Wildman–Crippen MR) is 48.3 cm³/mol. The van der Waals surface area contributed by atoms with Crippen molar-refractivity contribution in [3.05, 3.63) is 39.9 Å². The van der Waals surface area contributed by atoms with Crippen LogP contribution in [0.4, 0.5) is 5.69 Å². The maximum atomic E-state index is 11.3. The van der Waals surface area contributed by atoms with Crippen molar-refractivity contribution in [1.82, 2.24) is 0 Å². The summed E-state index contributed by atoms with van der Waals surface area (Å²) in [6.07, 6.45) is -0.451. The molecule has 15 heavy (non-hydrogen) atoms. The van der Waals surface area contributed by atoms with Crippen molar-refractivity contribution in [2.24, 2.45) is 0 Å². The maximum absolute atomic E-state index is 11.3. The van der Waals surface area contributed by atoms with E-state index in [1.165, 1.54) is 24.3 Å². The van der Waals surface area contributed by atoms with E-state index in [0.29, 0.717) is 6.61 Å². The third-order valence-corrected chi connectivity index (χ3v) is 1.86. The Hall–Kier alpha value is -1.95. The van der Waals surface area contributed by atoms with Crippen LogP contribution in [0.3, 0.4) is 0 Å². The lowest BCUT2D eigenvalue weighted by atomic mass is 10.2. The molecule has 0 unspecified atom stereocenters. The molecule has 0 aliphatic carbocycles. The summed E-state index contributed by atoms with van der Waals surface area (Å²) in [7, 11) is 0. The van der Waals surface area contributed by atoms with E-state index >= 15 is 0 Å². The van der Waals surface area contributed by atoms with E-state index in [0.717, 1.165) is 0 Å². The molecule has 0 N–H and O–H groups in total. The second kappa shape index (κ2) is 3.66. The highest BCUT2D eigenvalue weighted by atomic mass is 16.8. The molecule has 1 aromatic rings. The third-order valence-electron chi connectivity index (χ3n) is 1.86. The monoisotopic (exact) mass is 209 g/mol. The van der Waals surface area contributed by atoms with Gasteiger partial charge in [0.05, 0.1) is 10.5 Å². The van der Waals surface area contributed by atoms with Crippen molar-refractivity contribution >= 4 is 11.7 Å². The summed E-state index contributed by atoms with van der Waals surface area (Å²) in [4.78, 5) is 21.1. The molecule has 0 radical (unpaired) electrons. The molecule has 1 saturated heterocycles. The van der Waals surface area contributed by atoms with Gasteiger partial charge in [-0.05, 0) is 12.1 Å². The highest BCUT2D eigenvalue weighted by Crippen LogP contribution is 2.16. The van der Waals surface area contributed by atoms with Gasteiger partial charge in [-0.1, -0.05) is 0 Å². The number of nitro groups is 1. The summed E-state index contributed by atoms with van der Waals surface area (Å²) in [6, 6.07) is 5.21. The lowest BCUT2D eigenvalue weighted by Crippen LogP contribution is -2.07. The molecule has 78 valence electrons. The normalized spacial score (nSPS) is 18.3. The van der Waals surface area contributed by atoms with E-state index in [4.69, 9.17) is 9.47 Å². The summed E-state index contributed by atoms with van der Waals surface area (Å²) in [5.41, 5.74) is 0.213. The van der Waals surface area contributed by atoms with E-state index in [2.05, 4.69) is 0 Å². The fourth-order valence-electron chi connectivity index (χ4n) is 1.01. The van der Waals surface area contributed by atoms with Gasteiger partial charge >= 0.3 is 5.97 Å². The second-order valence-electron chi connectivity index (χ2n) is 2.97. The molecule has 1 aliphatic rings. The van der Waals surface area contributed by atoms with Crippen LogP contribution in [-0.4, -0.2) is 23.8 Å². The minimum Gasteiger partial charge on any atom is -0.430 e. The van der Waals surface area contributed by atoms with Gasteiger partial charge in [0.25, 0.3) is 5.69 Å². The Labute approximate surface area is 84.6 Å². The summed E-state index contributed by atoms with van der Waals surface area (Å²) in [5.74, 6) is -0.535. The Morgan fingerprint density at radius 2 is 2.07 bits per heavy atom. The molecule has 1 atom stereocenters. The van der Waals surface area contributed by atoms with E-state index in [9.17, 15) is 14.9 Å². The van der Waals surface area contributed by atoms with Crippen molar-refractivity contribution in [3.8, 4) is 0 Å². The summed E-state index contributed by atoms with van der Waals surface area (Å²) in [6.45, 7) is 0.415. The number of benzene rings is 1. The zero-order valence-electron chi connectivity index (χ0n) is 7.58. The van der Waals surface area contributed by atoms with Crippen molar-refractivity contribution in [2.75, 3.05) is 6.61 Å². The fourth-order valence-corrected chi connectivity index (χ4v) is 1.01. The number of carbonyl (C=O) groups is 1. The number of nitrogens with zero attached hydrogens (tertiary/aromatic N) is 1. The number of hydrogen-bond acceptors (Lipinski definition) is 5. The SMILES string of the molecule is O=C(O[C@H]1CO1)c1ccc([N+](=O)[O-])cc1. The highest BCUT2D eigenvalue weighted by molar-refractivity contribution is 5.89. The molecule has 1 heterocycles. The van der Waals surface area contributed by atoms with Crippen molar-refractivity contribution < 1.29 is 19.2 Å². The van der Waals surface area contributed by atoms with Crippen LogP contribution in [-0.2, 0) is 9.47 Å². The van der Waals surface area contributed by atoms with Crippen molar-refractivity contribution in [3.63, 3.8) is 0 Å². The molecular formula is C9H7NO5. The van der Waals surface area contributed by atoms with Gasteiger partial charge in [0, 0.05) is 12.1 Å². The number of epoxide rings is 1. The summed E-state index contributed by atoms with van der Waals surface area (Å²) >= 11 is 0. The lowest BCUT2D eigenvalue weighted by Gasteiger charge is -1.99. The lowest BCUT2D eigenvalue weighted by molar-refractivity contribution is -0.384. The first-order valence-electron chi connectivity index (χ1n) is 4.24. The van der Waals surface area contributed by atoms with Gasteiger partial charge in [-0.15, -0.1) is 0 Å². The average molecular weight is 209 g/mol. The number of ether oxygens (including phenoxy) is 2. The maximum Gasteiger partial charge on any atom is 0.340 e. The van der Waals surface area contributed by atoms with Gasteiger partial charge in [-0.25, -0.2) is 4.79 Å². The second-order valence-corrected chi connectivity index (χ2v) is 2.97. The molecule has 1 fully saturated rings. The Balaban J connectivity index is 2.08. The number of rotatable bonds is 3. The first-order valence-corrected chi connectivity index (χ1v) is 4.24.